The van der Waals surface area contributed by atoms with Crippen molar-refractivity contribution in [3.63, 3.8) is 0 Å². The third kappa shape index (κ3) is 3.37. The second-order valence-electron chi connectivity index (χ2n) is 5.01. The van der Waals surface area contributed by atoms with Crippen molar-refractivity contribution in [1.82, 2.24) is 14.1 Å². The average molecular weight is 313 g/mol. The van der Waals surface area contributed by atoms with E-state index in [1.54, 1.807) is 6.07 Å². The van der Waals surface area contributed by atoms with Gasteiger partial charge in [-0.2, -0.15) is 8.75 Å². The van der Waals surface area contributed by atoms with Crippen LogP contribution in [0.1, 0.15) is 20.8 Å². The Bertz CT molecular complexity index is 613. The minimum atomic E-state index is -0.0672. The summed E-state index contributed by atoms with van der Waals surface area (Å²) in [4.78, 5) is 11.9. The fourth-order valence-electron chi connectivity index (χ4n) is 1.64. The first-order valence-corrected chi connectivity index (χ1v) is 7.54. The quantitative estimate of drug-likeness (QED) is 0.891. The molecule has 1 unspecified atom stereocenters. The van der Waals surface area contributed by atoms with E-state index in [9.17, 15) is 4.79 Å². The number of halogens is 1. The number of anilines is 1. The molecule has 108 valence electrons. The fourth-order valence-corrected chi connectivity index (χ4v) is 2.40. The number of amides is 1. The zero-order chi connectivity index (χ0) is 14.7. The molecule has 1 atom stereocenters. The molecule has 0 aliphatic heterocycles. The zero-order valence-corrected chi connectivity index (χ0v) is 13.2. The lowest BCUT2D eigenvalue weighted by atomic mass is 10.1. The van der Waals surface area contributed by atoms with Crippen LogP contribution in [0.3, 0.4) is 0 Å². The molecule has 0 radical (unpaired) electrons. The number of nitrogens with one attached hydrogen (secondary N) is 2. The average Bonchev–Trinajstić information content (AvgIpc) is 2.85. The minimum Gasteiger partial charge on any atom is -0.373 e. The Morgan fingerprint density at radius 2 is 2.10 bits per heavy atom. The Labute approximate surface area is 127 Å². The van der Waals surface area contributed by atoms with Gasteiger partial charge in [-0.05, 0) is 25.0 Å². The van der Waals surface area contributed by atoms with E-state index in [0.29, 0.717) is 22.1 Å². The third-order valence-corrected chi connectivity index (χ3v) is 4.05. The summed E-state index contributed by atoms with van der Waals surface area (Å²) in [6, 6.07) is 3.70. The maximum atomic E-state index is 11.9. The van der Waals surface area contributed by atoms with Crippen molar-refractivity contribution in [3.8, 4) is 0 Å². The van der Waals surface area contributed by atoms with Gasteiger partial charge in [0.2, 0.25) is 5.91 Å². The molecule has 0 aliphatic rings. The summed E-state index contributed by atoms with van der Waals surface area (Å²) >= 11 is 7.27. The third-order valence-electron chi connectivity index (χ3n) is 3.19. The van der Waals surface area contributed by atoms with Crippen LogP contribution >= 0.6 is 23.3 Å². The molecule has 7 heteroatoms. The highest BCUT2D eigenvalue weighted by molar-refractivity contribution is 7.00. The van der Waals surface area contributed by atoms with Crippen molar-refractivity contribution in [3.05, 3.63) is 17.2 Å². The first-order chi connectivity index (χ1) is 9.49. The van der Waals surface area contributed by atoms with Gasteiger partial charge in [-0.3, -0.25) is 4.79 Å². The molecule has 0 saturated carbocycles. The van der Waals surface area contributed by atoms with Gasteiger partial charge in [0.05, 0.1) is 29.0 Å². The predicted octanol–water partition coefficient (Wildman–Crippen LogP) is 2.92. The molecular weight excluding hydrogens is 296 g/mol. The van der Waals surface area contributed by atoms with Crippen LogP contribution in [0.4, 0.5) is 5.69 Å². The lowest BCUT2D eigenvalue weighted by molar-refractivity contribution is -0.120. The van der Waals surface area contributed by atoms with Crippen LogP contribution in [-0.2, 0) is 4.79 Å². The van der Waals surface area contributed by atoms with Gasteiger partial charge >= 0.3 is 0 Å². The van der Waals surface area contributed by atoms with E-state index < -0.39 is 0 Å². The number of fused-ring (bicyclic) bond motifs is 1. The molecule has 2 rings (SSSR count). The minimum absolute atomic E-state index is 0.0672. The Hall–Kier alpha value is -1.40. The fraction of sp³-hybridized carbons (Fsp3) is 0.462. The van der Waals surface area contributed by atoms with Gasteiger partial charge in [-0.25, -0.2) is 0 Å². The summed E-state index contributed by atoms with van der Waals surface area (Å²) in [6.07, 6.45) is 0. The first kappa shape index (κ1) is 15.0. The molecule has 1 heterocycles. The van der Waals surface area contributed by atoms with Crippen LogP contribution in [0.5, 0.6) is 0 Å². The second kappa shape index (κ2) is 6.37. The SMILES string of the molecule is CC(C)C(C)NC(=O)CNc1c(Cl)ccc2nsnc12. The van der Waals surface area contributed by atoms with Crippen LogP contribution in [0.2, 0.25) is 5.02 Å². The number of rotatable bonds is 5. The Morgan fingerprint density at radius 1 is 1.35 bits per heavy atom. The number of carbonyl (C=O) groups excluding carboxylic acids is 1. The summed E-state index contributed by atoms with van der Waals surface area (Å²) in [5, 5.41) is 6.52. The number of nitrogens with zero attached hydrogens (tertiary/aromatic N) is 2. The first-order valence-electron chi connectivity index (χ1n) is 6.43. The monoisotopic (exact) mass is 312 g/mol. The molecule has 0 aliphatic carbocycles. The standard InChI is InChI=1S/C13H17ClN4OS/c1-7(2)8(3)16-11(19)6-15-12-9(14)4-5-10-13(12)18-20-17-10/h4-5,7-8,15H,6H2,1-3H3,(H,16,19). The van der Waals surface area contributed by atoms with Crippen molar-refractivity contribution in [1.29, 1.82) is 0 Å². The van der Waals surface area contributed by atoms with E-state index in [-0.39, 0.29) is 18.5 Å². The van der Waals surface area contributed by atoms with Gasteiger partial charge in [-0.1, -0.05) is 25.4 Å². The second-order valence-corrected chi connectivity index (χ2v) is 5.94. The largest absolute Gasteiger partial charge is 0.373 e. The predicted molar refractivity (Wildman–Crippen MR) is 83.4 cm³/mol. The van der Waals surface area contributed by atoms with Gasteiger partial charge in [0.1, 0.15) is 11.0 Å². The van der Waals surface area contributed by atoms with E-state index in [1.807, 2.05) is 13.0 Å². The molecule has 0 bridgehead atoms. The Morgan fingerprint density at radius 3 is 2.80 bits per heavy atom. The molecule has 1 aromatic heterocycles. The van der Waals surface area contributed by atoms with Crippen molar-refractivity contribution in [2.24, 2.45) is 5.92 Å². The molecule has 0 saturated heterocycles. The molecule has 5 nitrogen and oxygen atoms in total. The van der Waals surface area contributed by atoms with Gasteiger partial charge in [0, 0.05) is 6.04 Å². The van der Waals surface area contributed by atoms with Gasteiger partial charge in [-0.15, -0.1) is 0 Å². The van der Waals surface area contributed by atoms with E-state index >= 15 is 0 Å². The van der Waals surface area contributed by atoms with Crippen LogP contribution in [0.25, 0.3) is 11.0 Å². The van der Waals surface area contributed by atoms with Crippen LogP contribution in [-0.4, -0.2) is 27.2 Å². The molecule has 1 aromatic carbocycles. The number of hydrogen-bond donors (Lipinski definition) is 2. The molecule has 1 amide bonds. The Balaban J connectivity index is 2.04. The molecule has 0 spiro atoms. The van der Waals surface area contributed by atoms with E-state index in [2.05, 4.69) is 33.2 Å². The van der Waals surface area contributed by atoms with Gasteiger partial charge in [0.25, 0.3) is 0 Å². The van der Waals surface area contributed by atoms with Crippen molar-refractivity contribution in [2.75, 3.05) is 11.9 Å². The normalized spacial score (nSPS) is 12.7. The smallest absolute Gasteiger partial charge is 0.239 e. The molecule has 0 fully saturated rings. The van der Waals surface area contributed by atoms with Crippen LogP contribution < -0.4 is 10.6 Å². The zero-order valence-electron chi connectivity index (χ0n) is 11.6. The summed E-state index contributed by atoms with van der Waals surface area (Å²) in [6.45, 7) is 6.28. The Kier molecular flexibility index (Phi) is 4.77. The molecule has 20 heavy (non-hydrogen) atoms. The molecule has 2 N–H and O–H groups in total. The highest BCUT2D eigenvalue weighted by Crippen LogP contribution is 2.29. The van der Waals surface area contributed by atoms with Gasteiger partial charge < -0.3 is 10.6 Å². The number of hydrogen-bond acceptors (Lipinski definition) is 5. The van der Waals surface area contributed by atoms with Crippen LogP contribution in [0.15, 0.2) is 12.1 Å². The van der Waals surface area contributed by atoms with E-state index in [4.69, 9.17) is 11.6 Å². The van der Waals surface area contributed by atoms with E-state index in [0.717, 1.165) is 17.2 Å². The maximum absolute atomic E-state index is 11.9. The highest BCUT2D eigenvalue weighted by Gasteiger charge is 2.13. The summed E-state index contributed by atoms with van der Waals surface area (Å²) in [5.74, 6) is 0.330. The van der Waals surface area contributed by atoms with E-state index in [1.165, 1.54) is 0 Å². The molecular formula is C13H17ClN4OS. The van der Waals surface area contributed by atoms with Crippen molar-refractivity contribution in [2.45, 2.75) is 26.8 Å². The number of benzene rings is 1. The lowest BCUT2D eigenvalue weighted by Crippen LogP contribution is -2.39. The van der Waals surface area contributed by atoms with Crippen molar-refractivity contribution < 1.29 is 4.79 Å². The maximum Gasteiger partial charge on any atom is 0.239 e. The summed E-state index contributed by atoms with van der Waals surface area (Å²) in [7, 11) is 0. The number of carbonyl (C=O) groups is 1. The topological polar surface area (TPSA) is 66.9 Å². The summed E-state index contributed by atoms with van der Waals surface area (Å²) in [5.41, 5.74) is 2.13. The highest BCUT2D eigenvalue weighted by atomic mass is 35.5. The molecule has 2 aromatic rings. The van der Waals surface area contributed by atoms with Gasteiger partial charge in [0.15, 0.2) is 0 Å². The lowest BCUT2D eigenvalue weighted by Gasteiger charge is -2.18. The number of aromatic nitrogens is 2. The van der Waals surface area contributed by atoms with Crippen molar-refractivity contribution >= 4 is 46.0 Å². The summed E-state index contributed by atoms with van der Waals surface area (Å²) < 4.78 is 8.35. The van der Waals surface area contributed by atoms with Crippen LogP contribution in [0, 0.1) is 5.92 Å².